The number of carbonyl (C=O) groups is 2. The lowest BCUT2D eigenvalue weighted by atomic mass is 9.86. The van der Waals surface area contributed by atoms with Crippen LogP contribution in [0.1, 0.15) is 46.5 Å². The molecule has 0 saturated carbocycles. The van der Waals surface area contributed by atoms with Crippen LogP contribution in [0.4, 0.5) is 0 Å². The van der Waals surface area contributed by atoms with Gasteiger partial charge < -0.3 is 61.5 Å². The van der Waals surface area contributed by atoms with E-state index < -0.39 is 140 Å². The Labute approximate surface area is 511 Å². The van der Waals surface area contributed by atoms with Crippen molar-refractivity contribution in [2.45, 2.75) is 128 Å². The Kier molecular flexibility index (Phi) is 28.8. The topological polar surface area (TPSA) is 398 Å². The minimum atomic E-state index is -1.31. The van der Waals surface area contributed by atoms with Crippen LogP contribution in [0.25, 0.3) is 0 Å². The average molecular weight is 1260 g/mol. The molecule has 0 aliphatic carbocycles. The number of aliphatic carboxylic acids is 1. The normalized spacial score (nSPS) is 21.1. The highest BCUT2D eigenvalue weighted by Gasteiger charge is 2.31. The summed E-state index contributed by atoms with van der Waals surface area (Å²) in [6.07, 6.45) is -6.99. The van der Waals surface area contributed by atoms with Gasteiger partial charge in [-0.1, -0.05) is 20.8 Å². The number of carboxylic acid groups (broad SMARTS) is 1. The molecule has 6 heterocycles. The van der Waals surface area contributed by atoms with E-state index in [0.717, 1.165) is 40.5 Å². The number of hydrogen-bond donors (Lipinski definition) is 10. The highest BCUT2D eigenvalue weighted by molar-refractivity contribution is 5.78. The van der Waals surface area contributed by atoms with Crippen molar-refractivity contribution in [3.63, 3.8) is 0 Å². The molecule has 10 unspecified atom stereocenters. The molecule has 6 rings (SSSR count). The molecule has 32 nitrogen and oxygen atoms in total. The van der Waals surface area contributed by atoms with Gasteiger partial charge >= 0.3 is 40.1 Å². The monoisotopic (exact) mass is 1260 g/mol. The third kappa shape index (κ3) is 21.6. The molecule has 0 aromatic carbocycles. The van der Waals surface area contributed by atoms with Crippen molar-refractivity contribution in [1.82, 2.24) is 67.0 Å². The number of amides is 1. The van der Waals surface area contributed by atoms with Crippen molar-refractivity contribution in [1.29, 1.82) is 0 Å². The predicted octanol–water partition coefficient (Wildman–Crippen LogP) is -8.67. The fraction of sp³-hybridized carbons (Fsp3) is 0.857. The number of nitrogens with one attached hydrogen (secondary N) is 1. The third-order valence-corrected chi connectivity index (χ3v) is 17.4. The first-order valence-corrected chi connectivity index (χ1v) is 31.3. The Balaban J connectivity index is 1.04. The zero-order valence-corrected chi connectivity index (χ0v) is 52.0. The molecule has 4 fully saturated rings. The molecule has 10 atom stereocenters. The molecular weight excluding hydrogens is 1150 g/mol. The molecule has 502 valence electrons. The summed E-state index contributed by atoms with van der Waals surface area (Å²) in [7, 11) is 1.98. The Morgan fingerprint density at radius 3 is 1.01 bits per heavy atom. The Morgan fingerprint density at radius 1 is 0.420 bits per heavy atom. The SMILES string of the molecule is CCC(O)Cn1c(=O)n(CC(O)CN2CCNCC2)c(=O)n(CC(O)CN2CCN(CC(O)Cn3c(=O)n(CC(O)CN4CCN(C)CC4)c(=O)n(CC(O)CN4CCN(CC(O)COCC(C)CC(CC(CC)C(=O)O)C(N)=O)CC4)c3=O)CC2)c1=O. The summed E-state index contributed by atoms with van der Waals surface area (Å²) in [5.74, 6) is -2.95. The Hall–Kier alpha value is -4.88. The van der Waals surface area contributed by atoms with Gasteiger partial charge in [-0.3, -0.25) is 39.0 Å². The molecule has 4 aliphatic rings. The molecule has 4 aliphatic heterocycles. The van der Waals surface area contributed by atoms with E-state index in [4.69, 9.17) is 10.5 Å². The molecule has 0 radical (unpaired) electrons. The largest absolute Gasteiger partial charge is 0.481 e. The van der Waals surface area contributed by atoms with Crippen LogP contribution in [0.2, 0.25) is 0 Å². The second kappa shape index (κ2) is 35.1. The average Bonchev–Trinajstić information content (AvgIpc) is 1.41. The number of carboxylic acids is 1. The lowest BCUT2D eigenvalue weighted by molar-refractivity contribution is -0.142. The van der Waals surface area contributed by atoms with Gasteiger partial charge in [0.25, 0.3) is 0 Å². The van der Waals surface area contributed by atoms with Crippen LogP contribution in [0.3, 0.4) is 0 Å². The quantitative estimate of drug-likeness (QED) is 0.0303. The van der Waals surface area contributed by atoms with Crippen molar-refractivity contribution in [3.8, 4) is 0 Å². The van der Waals surface area contributed by atoms with Crippen LogP contribution in [-0.2, 0) is 53.6 Å². The second-order valence-corrected chi connectivity index (χ2v) is 24.9. The van der Waals surface area contributed by atoms with Crippen molar-refractivity contribution >= 4 is 11.9 Å². The van der Waals surface area contributed by atoms with E-state index in [1.165, 1.54) is 0 Å². The zero-order valence-electron chi connectivity index (χ0n) is 52.0. The summed E-state index contributed by atoms with van der Waals surface area (Å²) < 4.78 is 10.3. The first-order valence-electron chi connectivity index (χ1n) is 31.3. The number of likely N-dealkylation sites (N-methyl/N-ethyl adjacent to an activating group) is 1. The molecular formula is C56H101N15O17. The fourth-order valence-electron chi connectivity index (χ4n) is 12.1. The van der Waals surface area contributed by atoms with Crippen LogP contribution in [0.15, 0.2) is 28.8 Å². The highest BCUT2D eigenvalue weighted by Crippen LogP contribution is 2.23. The van der Waals surface area contributed by atoms with Crippen molar-refractivity contribution in [3.05, 3.63) is 62.9 Å². The predicted molar refractivity (Wildman–Crippen MR) is 323 cm³/mol. The molecule has 0 spiro atoms. The molecule has 2 aromatic rings. The Bertz CT molecular complexity index is 2870. The van der Waals surface area contributed by atoms with E-state index in [2.05, 4.69) is 10.2 Å². The van der Waals surface area contributed by atoms with E-state index in [1.54, 1.807) is 13.8 Å². The maximum absolute atomic E-state index is 14.2. The maximum Gasteiger partial charge on any atom is 0.336 e. The smallest absolute Gasteiger partial charge is 0.336 e. The summed E-state index contributed by atoms with van der Waals surface area (Å²) in [4.78, 5) is 121. The van der Waals surface area contributed by atoms with E-state index in [9.17, 15) is 79.2 Å². The standard InChI is InChI=1S/C56H101N15O17/c1-5-40(50(80)81)24-41(49(57)79)23-39(3)37-88-38-48(78)30-65-21-19-64(20-22-65)29-47(77)36-71-55(86)69(33-44(74)26-61-13-11-59(4)12-14-61)54(85)70(56(71)87)35-46(76)28-63-17-15-62(16-18-63)27-45(75)34-68-52(83)66(31-42(72)6-2)51(82)67(53(68)84)32-43(73)25-60-9-7-58-8-10-60/h39-48,58,72-78H,5-38H2,1-4H3,(H2,57,79)(H,80,81). The maximum atomic E-state index is 14.2. The van der Waals surface area contributed by atoms with E-state index in [0.29, 0.717) is 111 Å². The number of aliphatic hydroxyl groups excluding tert-OH is 7. The van der Waals surface area contributed by atoms with Gasteiger partial charge in [-0.15, -0.1) is 0 Å². The van der Waals surface area contributed by atoms with Crippen LogP contribution in [0, 0.1) is 17.8 Å². The first-order chi connectivity index (χ1) is 41.8. The zero-order chi connectivity index (χ0) is 64.4. The third-order valence-electron chi connectivity index (χ3n) is 17.4. The minimum Gasteiger partial charge on any atom is -0.481 e. The second-order valence-electron chi connectivity index (χ2n) is 24.9. The number of ether oxygens (including phenoxy) is 1. The molecule has 2 aromatic heterocycles. The fourth-order valence-corrected chi connectivity index (χ4v) is 12.1. The number of rotatable bonds is 36. The van der Waals surface area contributed by atoms with Gasteiger partial charge in [0.15, 0.2) is 0 Å². The summed E-state index contributed by atoms with van der Waals surface area (Å²) in [6, 6.07) is 0. The van der Waals surface area contributed by atoms with E-state index in [-0.39, 0.29) is 64.7 Å². The summed E-state index contributed by atoms with van der Waals surface area (Å²) in [5.41, 5.74) is -0.482. The molecule has 0 bridgehead atoms. The number of β-amino-alcohol motifs (C(OH)–C–C–N with tert-alkyl or cyclic N) is 6. The minimum absolute atomic E-state index is 0.00917. The number of aromatic nitrogens is 6. The summed E-state index contributed by atoms with van der Waals surface area (Å²) in [6.45, 7) is 12.4. The lowest BCUT2D eigenvalue weighted by Crippen LogP contribution is -2.59. The number of primary amides is 1. The number of piperazine rings is 4. The van der Waals surface area contributed by atoms with Crippen LogP contribution in [0.5, 0.6) is 0 Å². The Morgan fingerprint density at radius 2 is 0.716 bits per heavy atom. The van der Waals surface area contributed by atoms with E-state index in [1.807, 2.05) is 43.4 Å². The van der Waals surface area contributed by atoms with Gasteiger partial charge in [-0.05, 0) is 38.6 Å². The van der Waals surface area contributed by atoms with Gasteiger partial charge in [-0.25, -0.2) is 56.2 Å². The lowest BCUT2D eigenvalue weighted by Gasteiger charge is -2.36. The van der Waals surface area contributed by atoms with Crippen LogP contribution < -0.4 is 45.2 Å². The molecule has 4 saturated heterocycles. The summed E-state index contributed by atoms with van der Waals surface area (Å²) in [5, 5.41) is 90.4. The molecule has 11 N–H and O–H groups in total. The van der Waals surface area contributed by atoms with Gasteiger partial charge in [0.05, 0.1) is 94.5 Å². The number of carbonyl (C=O) groups excluding carboxylic acids is 1. The number of hydrogen-bond acceptors (Lipinski definition) is 24. The van der Waals surface area contributed by atoms with Crippen molar-refractivity contribution in [2.24, 2.45) is 23.5 Å². The van der Waals surface area contributed by atoms with Crippen molar-refractivity contribution < 1.29 is 55.2 Å². The van der Waals surface area contributed by atoms with Crippen molar-refractivity contribution in [2.75, 3.05) is 164 Å². The first kappa shape index (κ1) is 72.2. The number of nitrogens with zero attached hydrogens (tertiary/aromatic N) is 13. The van der Waals surface area contributed by atoms with Crippen LogP contribution in [-0.4, -0.2) is 321 Å². The van der Waals surface area contributed by atoms with Gasteiger partial charge in [0.2, 0.25) is 5.91 Å². The number of nitrogens with two attached hydrogens (primary N) is 1. The highest BCUT2D eigenvalue weighted by atomic mass is 16.5. The summed E-state index contributed by atoms with van der Waals surface area (Å²) >= 11 is 0. The molecule has 88 heavy (non-hydrogen) atoms. The number of aliphatic hydroxyl groups is 7. The van der Waals surface area contributed by atoms with Gasteiger partial charge in [-0.2, -0.15) is 0 Å². The van der Waals surface area contributed by atoms with Gasteiger partial charge in [0, 0.05) is 157 Å². The molecule has 32 heteroatoms. The van der Waals surface area contributed by atoms with E-state index >= 15 is 0 Å². The van der Waals surface area contributed by atoms with Gasteiger partial charge in [0.1, 0.15) is 0 Å². The molecule has 1 amide bonds. The van der Waals surface area contributed by atoms with Crippen LogP contribution >= 0.6 is 0 Å².